The molecule has 1 saturated heterocycles. The van der Waals surface area contributed by atoms with Crippen LogP contribution in [0.1, 0.15) is 24.0 Å². The number of piperidine rings is 1. The number of pyridine rings is 1. The minimum Gasteiger partial charge on any atom is -0.370 e. The first-order chi connectivity index (χ1) is 12.6. The van der Waals surface area contributed by atoms with Gasteiger partial charge in [0.1, 0.15) is 17.5 Å². The highest BCUT2D eigenvalue weighted by Crippen LogP contribution is 2.34. The van der Waals surface area contributed by atoms with E-state index in [1.165, 1.54) is 12.3 Å². The molecular formula is C19H21FN6. The Morgan fingerprint density at radius 3 is 2.88 bits per heavy atom. The number of aromatic amines is 1. The number of hydrogen-bond acceptors (Lipinski definition) is 5. The monoisotopic (exact) mass is 352 g/mol. The third kappa shape index (κ3) is 2.72. The van der Waals surface area contributed by atoms with Crippen LogP contribution in [0.4, 0.5) is 10.1 Å². The normalized spacial score (nSPS) is 21.2. The molecule has 2 aliphatic heterocycles. The molecule has 1 fully saturated rings. The van der Waals surface area contributed by atoms with Crippen molar-refractivity contribution in [1.29, 1.82) is 5.26 Å². The number of nitriles is 1. The molecule has 2 aromatic heterocycles. The van der Waals surface area contributed by atoms with Crippen molar-refractivity contribution < 1.29 is 4.39 Å². The van der Waals surface area contributed by atoms with Crippen LogP contribution in [0.25, 0.3) is 11.0 Å². The Morgan fingerprint density at radius 1 is 1.38 bits per heavy atom. The molecule has 4 rings (SSSR count). The van der Waals surface area contributed by atoms with E-state index in [4.69, 9.17) is 5.73 Å². The quantitative estimate of drug-likeness (QED) is 0.868. The number of H-pyrrole nitrogens is 1. The van der Waals surface area contributed by atoms with Gasteiger partial charge in [0.2, 0.25) is 0 Å². The van der Waals surface area contributed by atoms with Gasteiger partial charge in [0.05, 0.1) is 17.4 Å². The smallest absolute Gasteiger partial charge is 0.139 e. The molecule has 3 N–H and O–H groups in total. The van der Waals surface area contributed by atoms with Gasteiger partial charge in [-0.15, -0.1) is 0 Å². The number of anilines is 1. The zero-order valence-electron chi connectivity index (χ0n) is 14.6. The van der Waals surface area contributed by atoms with Gasteiger partial charge in [0.25, 0.3) is 0 Å². The van der Waals surface area contributed by atoms with Crippen LogP contribution in [0.15, 0.2) is 36.6 Å². The largest absolute Gasteiger partial charge is 0.370 e. The number of rotatable bonds is 2. The Kier molecular flexibility index (Phi) is 4.13. The van der Waals surface area contributed by atoms with Crippen molar-refractivity contribution in [2.45, 2.75) is 32.0 Å². The summed E-state index contributed by atoms with van der Waals surface area (Å²) in [5.74, 6) is -0.264. The lowest BCUT2D eigenvalue weighted by Gasteiger charge is -2.41. The zero-order valence-corrected chi connectivity index (χ0v) is 14.6. The molecule has 4 heterocycles. The molecule has 134 valence electrons. The van der Waals surface area contributed by atoms with E-state index in [-0.39, 0.29) is 18.0 Å². The molecule has 0 amide bonds. The molecule has 0 bridgehead atoms. The molecule has 1 atom stereocenters. The van der Waals surface area contributed by atoms with E-state index in [9.17, 15) is 9.65 Å². The van der Waals surface area contributed by atoms with Crippen molar-refractivity contribution in [2.75, 3.05) is 18.0 Å². The summed E-state index contributed by atoms with van der Waals surface area (Å²) in [5.41, 5.74) is 9.51. The minimum atomic E-state index is -0.291. The highest BCUT2D eigenvalue weighted by Gasteiger charge is 2.29. The van der Waals surface area contributed by atoms with Crippen molar-refractivity contribution in [3.8, 4) is 6.07 Å². The number of aromatic nitrogens is 2. The first-order valence-electron chi connectivity index (χ1n) is 8.78. The van der Waals surface area contributed by atoms with Crippen molar-refractivity contribution in [3.63, 3.8) is 0 Å². The van der Waals surface area contributed by atoms with Gasteiger partial charge in [-0.3, -0.25) is 0 Å². The lowest BCUT2D eigenvalue weighted by molar-refractivity contribution is 0.197. The fraction of sp³-hybridized carbons (Fsp3) is 0.368. The van der Waals surface area contributed by atoms with E-state index in [0.717, 1.165) is 48.2 Å². The minimum absolute atomic E-state index is 0.187. The summed E-state index contributed by atoms with van der Waals surface area (Å²) in [6.07, 6.45) is 9.56. The Morgan fingerprint density at radius 2 is 2.15 bits per heavy atom. The molecule has 26 heavy (non-hydrogen) atoms. The van der Waals surface area contributed by atoms with Gasteiger partial charge in [0.15, 0.2) is 0 Å². The van der Waals surface area contributed by atoms with Crippen LogP contribution in [0.2, 0.25) is 0 Å². The molecule has 1 unspecified atom stereocenters. The van der Waals surface area contributed by atoms with Crippen molar-refractivity contribution in [3.05, 3.63) is 47.7 Å². The maximum absolute atomic E-state index is 13.6. The number of allylic oxidation sites excluding steroid dienone is 2. The number of hydrogen-bond donors (Lipinski definition) is 2. The number of nitrogens with two attached hydrogens (primary N) is 1. The summed E-state index contributed by atoms with van der Waals surface area (Å²) in [6, 6.07) is 2.46. The third-order valence-corrected chi connectivity index (χ3v) is 5.26. The molecule has 2 aromatic rings. The van der Waals surface area contributed by atoms with E-state index in [0.29, 0.717) is 5.56 Å². The number of halogens is 1. The molecule has 0 aromatic carbocycles. The van der Waals surface area contributed by atoms with Crippen LogP contribution in [-0.4, -0.2) is 40.2 Å². The summed E-state index contributed by atoms with van der Waals surface area (Å²) in [7, 11) is 0. The fourth-order valence-electron chi connectivity index (χ4n) is 3.94. The second kappa shape index (κ2) is 6.46. The van der Waals surface area contributed by atoms with Gasteiger partial charge < -0.3 is 20.5 Å². The molecular weight excluding hydrogens is 331 g/mol. The SMILES string of the molecule is Cc1c[nH]c2ncc(C#N)c(N3CCC(N4C=C(F)C=CC4N)CC3)c12. The average molecular weight is 352 g/mol. The van der Waals surface area contributed by atoms with Crippen LogP contribution < -0.4 is 10.6 Å². The highest BCUT2D eigenvalue weighted by molar-refractivity contribution is 5.95. The first-order valence-corrected chi connectivity index (χ1v) is 8.78. The van der Waals surface area contributed by atoms with E-state index in [2.05, 4.69) is 20.9 Å². The maximum atomic E-state index is 13.6. The van der Waals surface area contributed by atoms with Gasteiger partial charge in [-0.05, 0) is 37.5 Å². The Bertz CT molecular complexity index is 929. The second-order valence-electron chi connectivity index (χ2n) is 6.86. The summed E-state index contributed by atoms with van der Waals surface area (Å²) in [6.45, 7) is 3.58. The first kappa shape index (κ1) is 16.6. The Balaban J connectivity index is 1.59. The molecule has 0 saturated carbocycles. The summed E-state index contributed by atoms with van der Waals surface area (Å²) in [4.78, 5) is 11.7. The van der Waals surface area contributed by atoms with Crippen molar-refractivity contribution in [2.24, 2.45) is 5.73 Å². The van der Waals surface area contributed by atoms with Gasteiger partial charge in [-0.2, -0.15) is 5.26 Å². The predicted octanol–water partition coefficient (Wildman–Crippen LogP) is 2.68. The van der Waals surface area contributed by atoms with Crippen molar-refractivity contribution >= 4 is 16.7 Å². The molecule has 0 radical (unpaired) electrons. The lowest BCUT2D eigenvalue weighted by atomic mass is 9.99. The van der Waals surface area contributed by atoms with Gasteiger partial charge in [-0.1, -0.05) is 0 Å². The van der Waals surface area contributed by atoms with Gasteiger partial charge >= 0.3 is 0 Å². The number of aryl methyl sites for hydroxylation is 1. The third-order valence-electron chi connectivity index (χ3n) is 5.26. The number of nitrogens with one attached hydrogen (secondary N) is 1. The summed E-state index contributed by atoms with van der Waals surface area (Å²) < 4.78 is 13.6. The second-order valence-corrected chi connectivity index (χ2v) is 6.86. The topological polar surface area (TPSA) is 85.0 Å². The molecule has 6 nitrogen and oxygen atoms in total. The maximum Gasteiger partial charge on any atom is 0.139 e. The van der Waals surface area contributed by atoms with Gasteiger partial charge in [0, 0.05) is 43.1 Å². The summed E-state index contributed by atoms with van der Waals surface area (Å²) in [5, 5.41) is 10.6. The summed E-state index contributed by atoms with van der Waals surface area (Å²) >= 11 is 0. The Hall–Kier alpha value is -2.85. The Labute approximate surface area is 151 Å². The van der Waals surface area contributed by atoms with Crippen LogP contribution in [0.5, 0.6) is 0 Å². The van der Waals surface area contributed by atoms with Crippen molar-refractivity contribution in [1.82, 2.24) is 14.9 Å². The van der Waals surface area contributed by atoms with E-state index in [1.807, 2.05) is 18.0 Å². The molecule has 0 spiro atoms. The van der Waals surface area contributed by atoms with E-state index >= 15 is 0 Å². The molecule has 2 aliphatic rings. The standard InChI is InChI=1S/C19H21FN6/c1-12-9-23-19-17(12)18(13(8-21)10-24-19)25-6-4-15(5-7-25)26-11-14(20)2-3-16(26)22/h2-3,9-11,15-16H,4-7,22H2,1H3,(H,23,24). The number of fused-ring (bicyclic) bond motifs is 1. The predicted molar refractivity (Wildman–Crippen MR) is 98.9 cm³/mol. The van der Waals surface area contributed by atoms with E-state index in [1.54, 1.807) is 12.3 Å². The highest BCUT2D eigenvalue weighted by atomic mass is 19.1. The van der Waals surface area contributed by atoms with Crippen LogP contribution in [-0.2, 0) is 0 Å². The molecule has 7 heteroatoms. The zero-order chi connectivity index (χ0) is 18.3. The fourth-order valence-corrected chi connectivity index (χ4v) is 3.94. The molecule has 0 aliphatic carbocycles. The van der Waals surface area contributed by atoms with Crippen LogP contribution >= 0.6 is 0 Å². The number of nitrogens with zero attached hydrogens (tertiary/aromatic N) is 4. The van der Waals surface area contributed by atoms with E-state index < -0.39 is 0 Å². The lowest BCUT2D eigenvalue weighted by Crippen LogP contribution is -2.50. The van der Waals surface area contributed by atoms with Crippen LogP contribution in [0, 0.1) is 18.3 Å². The van der Waals surface area contributed by atoms with Crippen LogP contribution in [0.3, 0.4) is 0 Å². The van der Waals surface area contributed by atoms with Gasteiger partial charge in [-0.25, -0.2) is 9.37 Å². The average Bonchev–Trinajstić information content (AvgIpc) is 3.04.